The number of hydrogen-bond donors (Lipinski definition) is 1. The van der Waals surface area contributed by atoms with Crippen LogP contribution in [-0.4, -0.2) is 60.4 Å². The third-order valence-electron chi connectivity index (χ3n) is 6.02. The molecule has 0 unspecified atom stereocenters. The van der Waals surface area contributed by atoms with Crippen LogP contribution in [-0.2, 0) is 4.74 Å². The molecule has 0 atom stereocenters. The third kappa shape index (κ3) is 5.95. The van der Waals surface area contributed by atoms with Crippen LogP contribution in [0.15, 0.2) is 12.1 Å². The Kier molecular flexibility index (Phi) is 8.27. The van der Waals surface area contributed by atoms with Crippen molar-refractivity contribution >= 4 is 5.82 Å². The summed E-state index contributed by atoms with van der Waals surface area (Å²) in [5.74, 6) is 1.78. The van der Waals surface area contributed by atoms with Gasteiger partial charge in [0.15, 0.2) is 0 Å². The molecule has 1 aromatic heterocycles. The molecule has 1 fully saturated rings. The van der Waals surface area contributed by atoms with E-state index in [9.17, 15) is 0 Å². The monoisotopic (exact) mass is 426 g/mol. The SMILES string of the molecule is CCC(CC)Nc1nc(C)c(-c2c(C)cc(C)cc2OCCN2CCOCC2)nc1C. The van der Waals surface area contributed by atoms with Gasteiger partial charge < -0.3 is 14.8 Å². The number of aryl methyl sites for hydroxylation is 4. The van der Waals surface area contributed by atoms with Gasteiger partial charge in [-0.15, -0.1) is 0 Å². The topological polar surface area (TPSA) is 59.5 Å². The smallest absolute Gasteiger partial charge is 0.148 e. The van der Waals surface area contributed by atoms with Crippen molar-refractivity contribution in [1.82, 2.24) is 14.9 Å². The standard InChI is InChI=1S/C25H38N4O2/c1-7-21(8-2)28-25-20(6)26-24(19(5)27-25)23-18(4)15-17(3)16-22(23)31-14-11-29-9-12-30-13-10-29/h15-16,21H,7-14H2,1-6H3,(H,27,28). The fraction of sp³-hybridized carbons (Fsp3) is 0.600. The first-order valence-electron chi connectivity index (χ1n) is 11.6. The molecule has 3 rings (SSSR count). The summed E-state index contributed by atoms with van der Waals surface area (Å²) in [5.41, 5.74) is 6.16. The summed E-state index contributed by atoms with van der Waals surface area (Å²) in [6, 6.07) is 4.73. The highest BCUT2D eigenvalue weighted by atomic mass is 16.5. The Morgan fingerprint density at radius 3 is 2.42 bits per heavy atom. The minimum Gasteiger partial charge on any atom is -0.492 e. The van der Waals surface area contributed by atoms with Crippen LogP contribution in [0.1, 0.15) is 49.2 Å². The highest BCUT2D eigenvalue weighted by Crippen LogP contribution is 2.35. The van der Waals surface area contributed by atoms with Crippen LogP contribution in [0.4, 0.5) is 5.82 Å². The van der Waals surface area contributed by atoms with E-state index in [-0.39, 0.29) is 0 Å². The normalized spacial score (nSPS) is 14.8. The molecule has 1 aliphatic heterocycles. The molecule has 170 valence electrons. The summed E-state index contributed by atoms with van der Waals surface area (Å²) >= 11 is 0. The van der Waals surface area contributed by atoms with E-state index in [1.165, 1.54) is 11.1 Å². The number of rotatable bonds is 9. The van der Waals surface area contributed by atoms with Gasteiger partial charge >= 0.3 is 0 Å². The maximum atomic E-state index is 6.31. The largest absolute Gasteiger partial charge is 0.492 e. The van der Waals surface area contributed by atoms with Crippen molar-refractivity contribution in [3.05, 3.63) is 34.6 Å². The van der Waals surface area contributed by atoms with Crippen molar-refractivity contribution in [2.24, 2.45) is 0 Å². The Balaban J connectivity index is 1.86. The maximum absolute atomic E-state index is 6.31. The van der Waals surface area contributed by atoms with Gasteiger partial charge in [-0.05, 0) is 57.7 Å². The van der Waals surface area contributed by atoms with Gasteiger partial charge in [0.25, 0.3) is 0 Å². The van der Waals surface area contributed by atoms with Crippen molar-refractivity contribution < 1.29 is 9.47 Å². The van der Waals surface area contributed by atoms with Crippen LogP contribution in [0, 0.1) is 27.7 Å². The number of anilines is 1. The molecule has 1 aromatic carbocycles. The van der Waals surface area contributed by atoms with E-state index in [1.54, 1.807) is 0 Å². The van der Waals surface area contributed by atoms with Crippen LogP contribution in [0.25, 0.3) is 11.3 Å². The van der Waals surface area contributed by atoms with E-state index in [2.05, 4.69) is 50.0 Å². The van der Waals surface area contributed by atoms with Crippen molar-refractivity contribution in [1.29, 1.82) is 0 Å². The van der Waals surface area contributed by atoms with E-state index in [1.807, 2.05) is 13.8 Å². The lowest BCUT2D eigenvalue weighted by molar-refractivity contribution is 0.0323. The highest BCUT2D eigenvalue weighted by molar-refractivity contribution is 5.74. The van der Waals surface area contributed by atoms with Gasteiger partial charge in [0, 0.05) is 31.2 Å². The van der Waals surface area contributed by atoms with Gasteiger partial charge in [-0.25, -0.2) is 9.97 Å². The number of nitrogens with zero attached hydrogens (tertiary/aromatic N) is 3. The second-order valence-corrected chi connectivity index (χ2v) is 8.51. The molecule has 31 heavy (non-hydrogen) atoms. The van der Waals surface area contributed by atoms with Gasteiger partial charge in [-0.2, -0.15) is 0 Å². The Morgan fingerprint density at radius 1 is 1.03 bits per heavy atom. The van der Waals surface area contributed by atoms with Crippen molar-refractivity contribution in [3.8, 4) is 17.0 Å². The number of benzene rings is 1. The van der Waals surface area contributed by atoms with Gasteiger partial charge in [0.1, 0.15) is 18.2 Å². The average molecular weight is 427 g/mol. The number of ether oxygens (including phenoxy) is 2. The van der Waals surface area contributed by atoms with E-state index >= 15 is 0 Å². The first-order chi connectivity index (χ1) is 14.9. The van der Waals surface area contributed by atoms with Gasteiger partial charge in [0.05, 0.1) is 30.3 Å². The number of aromatic nitrogens is 2. The molecular weight excluding hydrogens is 388 g/mol. The minimum atomic E-state index is 0.415. The van der Waals surface area contributed by atoms with E-state index < -0.39 is 0 Å². The molecule has 6 nitrogen and oxygen atoms in total. The van der Waals surface area contributed by atoms with Crippen LogP contribution >= 0.6 is 0 Å². The summed E-state index contributed by atoms with van der Waals surface area (Å²) in [5, 5.41) is 3.55. The number of nitrogens with one attached hydrogen (secondary N) is 1. The molecule has 6 heteroatoms. The van der Waals surface area contributed by atoms with Crippen LogP contribution in [0.5, 0.6) is 5.75 Å². The summed E-state index contributed by atoms with van der Waals surface area (Å²) in [4.78, 5) is 12.3. The molecule has 0 amide bonds. The molecule has 1 N–H and O–H groups in total. The van der Waals surface area contributed by atoms with Gasteiger partial charge in [-0.3, -0.25) is 4.90 Å². The average Bonchev–Trinajstić information content (AvgIpc) is 2.75. The minimum absolute atomic E-state index is 0.415. The van der Waals surface area contributed by atoms with Crippen LogP contribution in [0.2, 0.25) is 0 Å². The molecule has 1 saturated heterocycles. The summed E-state index contributed by atoms with van der Waals surface area (Å²) in [6.45, 7) is 17.8. The Bertz CT molecular complexity index is 874. The lowest BCUT2D eigenvalue weighted by atomic mass is 10.00. The summed E-state index contributed by atoms with van der Waals surface area (Å²) < 4.78 is 11.8. The third-order valence-corrected chi connectivity index (χ3v) is 6.02. The predicted molar refractivity (Wildman–Crippen MR) is 127 cm³/mol. The predicted octanol–water partition coefficient (Wildman–Crippen LogP) is 4.69. The fourth-order valence-electron chi connectivity index (χ4n) is 4.12. The lowest BCUT2D eigenvalue weighted by Crippen LogP contribution is -2.38. The Labute approximate surface area is 187 Å². The zero-order valence-corrected chi connectivity index (χ0v) is 20.0. The van der Waals surface area contributed by atoms with E-state index in [4.69, 9.17) is 19.4 Å². The highest BCUT2D eigenvalue weighted by Gasteiger charge is 2.19. The Hall–Kier alpha value is -2.18. The maximum Gasteiger partial charge on any atom is 0.148 e. The van der Waals surface area contributed by atoms with Crippen molar-refractivity contribution in [2.45, 2.75) is 60.4 Å². The van der Waals surface area contributed by atoms with Crippen LogP contribution < -0.4 is 10.1 Å². The molecule has 0 saturated carbocycles. The zero-order valence-electron chi connectivity index (χ0n) is 20.0. The quantitative estimate of drug-likeness (QED) is 0.628. The molecule has 0 radical (unpaired) electrons. The van der Waals surface area contributed by atoms with Gasteiger partial charge in [0.2, 0.25) is 0 Å². The number of hydrogen-bond acceptors (Lipinski definition) is 6. The molecule has 0 aliphatic carbocycles. The Morgan fingerprint density at radius 2 is 1.74 bits per heavy atom. The van der Waals surface area contributed by atoms with E-state index in [0.29, 0.717) is 12.6 Å². The molecule has 0 spiro atoms. The van der Waals surface area contributed by atoms with Gasteiger partial charge in [-0.1, -0.05) is 19.9 Å². The zero-order chi connectivity index (χ0) is 22.4. The first-order valence-corrected chi connectivity index (χ1v) is 11.6. The summed E-state index contributed by atoms with van der Waals surface area (Å²) in [7, 11) is 0. The molecule has 2 aromatic rings. The van der Waals surface area contributed by atoms with Crippen molar-refractivity contribution in [2.75, 3.05) is 44.8 Å². The molecular formula is C25H38N4O2. The fourth-order valence-corrected chi connectivity index (χ4v) is 4.12. The number of morpholine rings is 1. The van der Waals surface area contributed by atoms with Crippen LogP contribution in [0.3, 0.4) is 0 Å². The first kappa shape index (κ1) is 23.5. The summed E-state index contributed by atoms with van der Waals surface area (Å²) in [6.07, 6.45) is 2.13. The van der Waals surface area contributed by atoms with Crippen molar-refractivity contribution in [3.63, 3.8) is 0 Å². The lowest BCUT2D eigenvalue weighted by Gasteiger charge is -2.26. The van der Waals surface area contributed by atoms with E-state index in [0.717, 1.165) is 79.9 Å². The molecule has 1 aliphatic rings. The molecule has 2 heterocycles. The second-order valence-electron chi connectivity index (χ2n) is 8.51. The second kappa shape index (κ2) is 10.9. The molecule has 0 bridgehead atoms.